The second-order valence-electron chi connectivity index (χ2n) is 2.27. The average Bonchev–Trinajstić information content (AvgIpc) is 2.35. The Labute approximate surface area is 77.8 Å². The van der Waals surface area contributed by atoms with Gasteiger partial charge in [0, 0.05) is 5.57 Å². The highest BCUT2D eigenvalue weighted by Gasteiger charge is 2.01. The molecule has 0 bridgehead atoms. The fraction of sp³-hybridized carbons (Fsp3) is 0.125. The van der Waals surface area contributed by atoms with Crippen molar-refractivity contribution in [3.05, 3.63) is 28.1 Å². The van der Waals surface area contributed by atoms with E-state index in [9.17, 15) is 4.79 Å². The molecule has 4 heteroatoms. The summed E-state index contributed by atoms with van der Waals surface area (Å²) in [6, 6.07) is 3.40. The normalized spacial score (nSPS) is 11.7. The first-order valence-corrected chi connectivity index (χ1v) is 4.06. The minimum atomic E-state index is -0.942. The summed E-state index contributed by atoms with van der Waals surface area (Å²) in [5, 5.41) is 8.53. The lowest BCUT2D eigenvalue weighted by atomic mass is 10.2. The van der Waals surface area contributed by atoms with Gasteiger partial charge in [-0.15, -0.1) is 0 Å². The van der Waals surface area contributed by atoms with Crippen molar-refractivity contribution in [2.45, 2.75) is 6.92 Å². The minimum Gasteiger partial charge on any atom is -0.478 e. The number of carboxylic acids is 1. The number of carboxylic acid groups (broad SMARTS) is 1. The number of rotatable bonds is 2. The molecule has 0 aliphatic carbocycles. The summed E-state index contributed by atoms with van der Waals surface area (Å²) in [4.78, 5) is 10.4. The Morgan fingerprint density at radius 1 is 1.67 bits per heavy atom. The number of carbonyl (C=O) groups is 1. The van der Waals surface area contributed by atoms with Crippen molar-refractivity contribution in [1.82, 2.24) is 0 Å². The Morgan fingerprint density at radius 2 is 2.33 bits per heavy atom. The predicted octanol–water partition coefficient (Wildman–Crippen LogP) is 2.53. The Hall–Kier alpha value is -1.03. The van der Waals surface area contributed by atoms with Crippen molar-refractivity contribution in [2.24, 2.45) is 0 Å². The molecule has 0 aliphatic rings. The van der Waals surface area contributed by atoms with Crippen LogP contribution in [0.25, 0.3) is 6.08 Å². The third-order valence-corrected chi connectivity index (χ3v) is 1.72. The summed E-state index contributed by atoms with van der Waals surface area (Å²) in [7, 11) is 0. The summed E-state index contributed by atoms with van der Waals surface area (Å²) in [6.45, 7) is 1.51. The molecule has 1 aromatic heterocycles. The van der Waals surface area contributed by atoms with Crippen LogP contribution >= 0.6 is 15.9 Å². The van der Waals surface area contributed by atoms with Crippen molar-refractivity contribution in [3.63, 3.8) is 0 Å². The number of furan rings is 1. The molecule has 1 N–H and O–H groups in total. The zero-order valence-electron chi connectivity index (χ0n) is 6.37. The van der Waals surface area contributed by atoms with Crippen molar-refractivity contribution in [1.29, 1.82) is 0 Å². The highest BCUT2D eigenvalue weighted by Crippen LogP contribution is 2.16. The fourth-order valence-electron chi connectivity index (χ4n) is 0.681. The van der Waals surface area contributed by atoms with Gasteiger partial charge in [0.25, 0.3) is 0 Å². The summed E-state index contributed by atoms with van der Waals surface area (Å²) >= 11 is 3.12. The van der Waals surface area contributed by atoms with Crippen molar-refractivity contribution in [2.75, 3.05) is 0 Å². The maximum Gasteiger partial charge on any atom is 0.331 e. The molecule has 0 aliphatic heterocycles. The van der Waals surface area contributed by atoms with Crippen LogP contribution in [0.5, 0.6) is 0 Å². The maximum absolute atomic E-state index is 10.4. The Kier molecular flexibility index (Phi) is 2.70. The first-order valence-electron chi connectivity index (χ1n) is 3.26. The Balaban J connectivity index is 2.87. The van der Waals surface area contributed by atoms with Gasteiger partial charge in [0.15, 0.2) is 4.67 Å². The quantitative estimate of drug-likeness (QED) is 0.795. The van der Waals surface area contributed by atoms with Gasteiger partial charge in [-0.2, -0.15) is 0 Å². The van der Waals surface area contributed by atoms with Crippen LogP contribution < -0.4 is 0 Å². The number of hydrogen-bond donors (Lipinski definition) is 1. The molecule has 1 aromatic rings. The molecule has 1 heterocycles. The molecule has 0 amide bonds. The lowest BCUT2D eigenvalue weighted by molar-refractivity contribution is -0.132. The summed E-state index contributed by atoms with van der Waals surface area (Å²) in [5.74, 6) is -0.413. The van der Waals surface area contributed by atoms with E-state index in [0.29, 0.717) is 10.4 Å². The molecule has 12 heavy (non-hydrogen) atoms. The van der Waals surface area contributed by atoms with Gasteiger partial charge < -0.3 is 9.52 Å². The third-order valence-electron chi connectivity index (χ3n) is 1.29. The van der Waals surface area contributed by atoms with E-state index in [1.54, 1.807) is 12.1 Å². The molecule has 0 saturated heterocycles. The van der Waals surface area contributed by atoms with Gasteiger partial charge in [-0.25, -0.2) is 4.79 Å². The van der Waals surface area contributed by atoms with Crippen molar-refractivity contribution >= 4 is 28.0 Å². The van der Waals surface area contributed by atoms with E-state index in [4.69, 9.17) is 9.52 Å². The van der Waals surface area contributed by atoms with Crippen molar-refractivity contribution < 1.29 is 14.3 Å². The summed E-state index contributed by atoms with van der Waals surface area (Å²) in [5.41, 5.74) is 0.247. The second kappa shape index (κ2) is 3.58. The Bertz CT molecular complexity index is 325. The first kappa shape index (κ1) is 9.06. The van der Waals surface area contributed by atoms with E-state index >= 15 is 0 Å². The van der Waals surface area contributed by atoms with Gasteiger partial charge in [0.2, 0.25) is 0 Å². The van der Waals surface area contributed by atoms with Crippen LogP contribution in [-0.2, 0) is 4.79 Å². The standard InChI is InChI=1S/C8H7BrO3/c1-5(8(10)11)4-6-2-3-7(9)12-6/h2-4H,1H3,(H,10,11). The molecule has 0 saturated carbocycles. The van der Waals surface area contributed by atoms with Crippen LogP contribution in [-0.4, -0.2) is 11.1 Å². The van der Waals surface area contributed by atoms with Crippen LogP contribution in [0.4, 0.5) is 0 Å². The maximum atomic E-state index is 10.4. The van der Waals surface area contributed by atoms with Crippen LogP contribution in [0.1, 0.15) is 12.7 Å². The molecule has 1 rings (SSSR count). The van der Waals surface area contributed by atoms with Crippen LogP contribution in [0.15, 0.2) is 26.8 Å². The van der Waals surface area contributed by atoms with Crippen LogP contribution in [0, 0.1) is 0 Å². The van der Waals surface area contributed by atoms with E-state index in [0.717, 1.165) is 0 Å². The zero-order chi connectivity index (χ0) is 9.14. The SMILES string of the molecule is CC(=Cc1ccc(Br)o1)C(=O)O. The van der Waals surface area contributed by atoms with E-state index in [1.807, 2.05) is 0 Å². The highest BCUT2D eigenvalue weighted by molar-refractivity contribution is 9.10. The molecule has 3 nitrogen and oxygen atoms in total. The van der Waals surface area contributed by atoms with E-state index in [2.05, 4.69) is 15.9 Å². The lowest BCUT2D eigenvalue weighted by Gasteiger charge is -1.89. The molecular formula is C8H7BrO3. The van der Waals surface area contributed by atoms with E-state index < -0.39 is 5.97 Å². The van der Waals surface area contributed by atoms with Crippen LogP contribution in [0.2, 0.25) is 0 Å². The fourth-order valence-corrected chi connectivity index (χ4v) is 1.00. The molecule has 0 aromatic carbocycles. The smallest absolute Gasteiger partial charge is 0.331 e. The third kappa shape index (κ3) is 2.23. The molecule has 64 valence electrons. The number of halogens is 1. The molecule has 0 unspecified atom stereocenters. The van der Waals surface area contributed by atoms with E-state index in [-0.39, 0.29) is 5.57 Å². The average molecular weight is 231 g/mol. The second-order valence-corrected chi connectivity index (χ2v) is 3.06. The lowest BCUT2D eigenvalue weighted by Crippen LogP contribution is -1.94. The van der Waals surface area contributed by atoms with Gasteiger partial charge in [-0.05, 0) is 41.1 Å². The minimum absolute atomic E-state index is 0.247. The van der Waals surface area contributed by atoms with Gasteiger partial charge in [0.1, 0.15) is 5.76 Å². The van der Waals surface area contributed by atoms with Crippen molar-refractivity contribution in [3.8, 4) is 0 Å². The van der Waals surface area contributed by atoms with Crippen LogP contribution in [0.3, 0.4) is 0 Å². The first-order chi connectivity index (χ1) is 5.59. The van der Waals surface area contributed by atoms with Gasteiger partial charge >= 0.3 is 5.97 Å². The number of aliphatic carboxylic acids is 1. The predicted molar refractivity (Wildman–Crippen MR) is 47.7 cm³/mol. The molecule has 0 atom stereocenters. The molecular weight excluding hydrogens is 224 g/mol. The Morgan fingerprint density at radius 3 is 2.75 bits per heavy atom. The summed E-state index contributed by atoms with van der Waals surface area (Å²) < 4.78 is 5.67. The van der Waals surface area contributed by atoms with Gasteiger partial charge in [0.05, 0.1) is 0 Å². The topological polar surface area (TPSA) is 50.4 Å². The zero-order valence-corrected chi connectivity index (χ0v) is 7.96. The molecule has 0 spiro atoms. The number of hydrogen-bond acceptors (Lipinski definition) is 2. The van der Waals surface area contributed by atoms with Gasteiger partial charge in [-0.1, -0.05) is 0 Å². The monoisotopic (exact) mass is 230 g/mol. The van der Waals surface area contributed by atoms with E-state index in [1.165, 1.54) is 13.0 Å². The molecule has 0 radical (unpaired) electrons. The largest absolute Gasteiger partial charge is 0.478 e. The summed E-state index contributed by atoms with van der Waals surface area (Å²) in [6.07, 6.45) is 1.47. The highest BCUT2D eigenvalue weighted by atomic mass is 79.9. The van der Waals surface area contributed by atoms with Gasteiger partial charge in [-0.3, -0.25) is 0 Å². The molecule has 0 fully saturated rings.